The summed E-state index contributed by atoms with van der Waals surface area (Å²) in [6, 6.07) is 9.69. The number of rotatable bonds is 13. The predicted octanol–water partition coefficient (Wildman–Crippen LogP) is 5.09. The van der Waals surface area contributed by atoms with Gasteiger partial charge < -0.3 is 29.2 Å². The van der Waals surface area contributed by atoms with Crippen molar-refractivity contribution in [3.05, 3.63) is 47.5 Å². The van der Waals surface area contributed by atoms with Gasteiger partial charge in [-0.05, 0) is 48.2 Å². The third-order valence-corrected chi connectivity index (χ3v) is 6.60. The fourth-order valence-electron chi connectivity index (χ4n) is 4.56. The lowest BCUT2D eigenvalue weighted by molar-refractivity contribution is -0.153. The Morgan fingerprint density at radius 3 is 2.36 bits per heavy atom. The number of phenols is 2. The highest BCUT2D eigenvalue weighted by molar-refractivity contribution is 5.76. The van der Waals surface area contributed by atoms with Crippen LogP contribution in [0.15, 0.2) is 36.4 Å². The van der Waals surface area contributed by atoms with Crippen LogP contribution in [0.2, 0.25) is 0 Å². The molecule has 0 aliphatic carbocycles. The van der Waals surface area contributed by atoms with Crippen molar-refractivity contribution in [2.45, 2.75) is 58.0 Å². The van der Waals surface area contributed by atoms with Gasteiger partial charge in [0.05, 0.1) is 26.7 Å². The summed E-state index contributed by atoms with van der Waals surface area (Å²) in [5.41, 5.74) is 1.39. The summed E-state index contributed by atoms with van der Waals surface area (Å²) in [5.74, 6) is -1.21. The SMILES string of the molecule is CCCCCCCC(=O)OC(c1ccc(O)c(OC)c1)[C@H]1COC(=O)[C@@H]1Cc1ccc(O)c(OC)c1. The van der Waals surface area contributed by atoms with Crippen molar-refractivity contribution >= 4 is 11.9 Å². The monoisotopic (exact) mass is 500 g/mol. The predicted molar refractivity (Wildman–Crippen MR) is 133 cm³/mol. The lowest BCUT2D eigenvalue weighted by Gasteiger charge is -2.27. The average Bonchev–Trinajstić information content (AvgIpc) is 3.23. The van der Waals surface area contributed by atoms with E-state index in [1.165, 1.54) is 26.4 Å². The van der Waals surface area contributed by atoms with Gasteiger partial charge in [0.15, 0.2) is 23.0 Å². The van der Waals surface area contributed by atoms with Crippen molar-refractivity contribution in [2.75, 3.05) is 20.8 Å². The molecule has 8 nitrogen and oxygen atoms in total. The van der Waals surface area contributed by atoms with E-state index < -0.39 is 17.9 Å². The van der Waals surface area contributed by atoms with Crippen LogP contribution in [0.1, 0.15) is 62.7 Å². The summed E-state index contributed by atoms with van der Waals surface area (Å²) in [6.07, 6.45) is 4.87. The van der Waals surface area contributed by atoms with Gasteiger partial charge in [0.2, 0.25) is 0 Å². The maximum absolute atomic E-state index is 12.8. The smallest absolute Gasteiger partial charge is 0.309 e. The van der Waals surface area contributed by atoms with Gasteiger partial charge in [-0.25, -0.2) is 0 Å². The van der Waals surface area contributed by atoms with E-state index in [-0.39, 0.29) is 42.2 Å². The number of benzene rings is 2. The van der Waals surface area contributed by atoms with E-state index in [0.717, 1.165) is 37.7 Å². The number of cyclic esters (lactones) is 1. The van der Waals surface area contributed by atoms with Crippen molar-refractivity contribution in [2.24, 2.45) is 11.8 Å². The molecule has 3 rings (SSSR count). The van der Waals surface area contributed by atoms with E-state index in [9.17, 15) is 19.8 Å². The van der Waals surface area contributed by atoms with E-state index in [0.29, 0.717) is 17.7 Å². The molecule has 2 N–H and O–H groups in total. The number of carbonyl (C=O) groups excluding carboxylic acids is 2. The molecule has 2 aromatic carbocycles. The Bertz CT molecular complexity index is 1030. The molecule has 1 aliphatic rings. The van der Waals surface area contributed by atoms with Crippen LogP contribution < -0.4 is 9.47 Å². The second kappa shape index (κ2) is 13.0. The standard InChI is InChI=1S/C28H36O8/c1-4-5-6-7-8-9-26(31)36-27(19-11-13-23(30)25(16-19)34-3)21-17-35-28(32)20(21)14-18-10-12-22(29)24(15-18)33-2/h10-13,15-16,20-21,27,29-30H,4-9,14,17H2,1-3H3/t20-,21+,27?/m1/s1. The van der Waals surface area contributed by atoms with Crippen LogP contribution in [-0.4, -0.2) is 43.0 Å². The zero-order valence-electron chi connectivity index (χ0n) is 21.2. The molecule has 0 bridgehead atoms. The minimum atomic E-state index is -0.766. The Kier molecular flexibility index (Phi) is 9.85. The fraction of sp³-hybridized carbons (Fsp3) is 0.500. The zero-order chi connectivity index (χ0) is 26.1. The third kappa shape index (κ3) is 6.83. The topological polar surface area (TPSA) is 112 Å². The summed E-state index contributed by atoms with van der Waals surface area (Å²) in [6.45, 7) is 2.23. The Morgan fingerprint density at radius 1 is 1.00 bits per heavy atom. The number of unbranched alkanes of at least 4 members (excludes halogenated alkanes) is 4. The lowest BCUT2D eigenvalue weighted by Crippen LogP contribution is -2.28. The maximum atomic E-state index is 12.8. The highest BCUT2D eigenvalue weighted by Crippen LogP contribution is 2.41. The molecule has 0 aromatic heterocycles. The van der Waals surface area contributed by atoms with E-state index in [2.05, 4.69) is 6.92 Å². The summed E-state index contributed by atoms with van der Waals surface area (Å²) in [7, 11) is 2.90. The first-order valence-electron chi connectivity index (χ1n) is 12.5. The van der Waals surface area contributed by atoms with Crippen LogP contribution in [0.4, 0.5) is 0 Å². The summed E-state index contributed by atoms with van der Waals surface area (Å²) in [4.78, 5) is 25.6. The van der Waals surface area contributed by atoms with Gasteiger partial charge in [0.1, 0.15) is 6.10 Å². The minimum Gasteiger partial charge on any atom is -0.504 e. The van der Waals surface area contributed by atoms with Crippen molar-refractivity contribution in [3.63, 3.8) is 0 Å². The van der Waals surface area contributed by atoms with Crippen LogP contribution in [0.25, 0.3) is 0 Å². The number of carbonyl (C=O) groups is 2. The molecule has 0 radical (unpaired) electrons. The summed E-state index contributed by atoms with van der Waals surface area (Å²) >= 11 is 0. The molecule has 1 aliphatic heterocycles. The highest BCUT2D eigenvalue weighted by Gasteiger charge is 2.44. The highest BCUT2D eigenvalue weighted by atomic mass is 16.6. The van der Waals surface area contributed by atoms with Gasteiger partial charge in [-0.2, -0.15) is 0 Å². The zero-order valence-corrected chi connectivity index (χ0v) is 21.2. The van der Waals surface area contributed by atoms with Crippen LogP contribution in [0.3, 0.4) is 0 Å². The molecule has 0 spiro atoms. The molecular formula is C28H36O8. The van der Waals surface area contributed by atoms with Crippen LogP contribution >= 0.6 is 0 Å². The van der Waals surface area contributed by atoms with Crippen LogP contribution in [-0.2, 0) is 25.5 Å². The number of aromatic hydroxyl groups is 2. The largest absolute Gasteiger partial charge is 0.504 e. The molecule has 2 aromatic rings. The number of hydrogen-bond acceptors (Lipinski definition) is 8. The molecule has 36 heavy (non-hydrogen) atoms. The fourth-order valence-corrected chi connectivity index (χ4v) is 4.56. The molecule has 1 unspecified atom stereocenters. The van der Waals surface area contributed by atoms with Gasteiger partial charge >= 0.3 is 11.9 Å². The van der Waals surface area contributed by atoms with Crippen molar-refractivity contribution in [3.8, 4) is 23.0 Å². The van der Waals surface area contributed by atoms with E-state index in [1.807, 2.05) is 0 Å². The summed E-state index contributed by atoms with van der Waals surface area (Å²) < 4.78 is 21.9. The van der Waals surface area contributed by atoms with Gasteiger partial charge in [-0.15, -0.1) is 0 Å². The number of esters is 2. The van der Waals surface area contributed by atoms with Crippen LogP contribution in [0.5, 0.6) is 23.0 Å². The average molecular weight is 501 g/mol. The second-order valence-electron chi connectivity index (χ2n) is 9.12. The molecule has 1 heterocycles. The normalized spacial score (nSPS) is 17.9. The van der Waals surface area contributed by atoms with E-state index in [1.54, 1.807) is 24.3 Å². The quantitative estimate of drug-likeness (QED) is 0.289. The Hall–Kier alpha value is -3.42. The Labute approximate surface area is 212 Å². The number of hydrogen-bond donors (Lipinski definition) is 2. The second-order valence-corrected chi connectivity index (χ2v) is 9.12. The van der Waals surface area contributed by atoms with Crippen molar-refractivity contribution in [1.29, 1.82) is 0 Å². The van der Waals surface area contributed by atoms with Gasteiger partial charge in [0.25, 0.3) is 0 Å². The molecule has 0 saturated carbocycles. The first kappa shape index (κ1) is 27.2. The van der Waals surface area contributed by atoms with Crippen molar-refractivity contribution < 1.29 is 38.7 Å². The molecule has 8 heteroatoms. The first-order chi connectivity index (χ1) is 17.4. The van der Waals surface area contributed by atoms with Crippen LogP contribution in [0, 0.1) is 11.8 Å². The van der Waals surface area contributed by atoms with E-state index >= 15 is 0 Å². The third-order valence-electron chi connectivity index (χ3n) is 6.60. The summed E-state index contributed by atoms with van der Waals surface area (Å²) in [5, 5.41) is 20.0. The lowest BCUT2D eigenvalue weighted by atomic mass is 9.82. The first-order valence-corrected chi connectivity index (χ1v) is 12.5. The number of methoxy groups -OCH3 is 2. The van der Waals surface area contributed by atoms with E-state index in [4.69, 9.17) is 18.9 Å². The Balaban J connectivity index is 1.85. The minimum absolute atomic E-state index is 0.00808. The number of ether oxygens (including phenoxy) is 4. The van der Waals surface area contributed by atoms with Gasteiger partial charge in [0, 0.05) is 12.3 Å². The maximum Gasteiger partial charge on any atom is 0.309 e. The Morgan fingerprint density at radius 2 is 1.67 bits per heavy atom. The number of phenolic OH excluding ortho intramolecular Hbond substituents is 2. The van der Waals surface area contributed by atoms with Gasteiger partial charge in [-0.3, -0.25) is 9.59 Å². The molecule has 196 valence electrons. The molecule has 3 atom stereocenters. The molecular weight excluding hydrogens is 464 g/mol. The molecule has 1 fully saturated rings. The van der Waals surface area contributed by atoms with Crippen molar-refractivity contribution in [1.82, 2.24) is 0 Å². The van der Waals surface area contributed by atoms with Gasteiger partial charge in [-0.1, -0.05) is 44.7 Å². The molecule has 0 amide bonds. The molecule has 1 saturated heterocycles.